The van der Waals surface area contributed by atoms with Crippen LogP contribution in [0.5, 0.6) is 0 Å². The van der Waals surface area contributed by atoms with Crippen LogP contribution in [0.4, 0.5) is 0 Å². The number of methoxy groups -OCH3 is 1. The van der Waals surface area contributed by atoms with Gasteiger partial charge in [-0.25, -0.2) is 0 Å². The Morgan fingerprint density at radius 1 is 1.12 bits per heavy atom. The molecule has 0 aliphatic rings. The van der Waals surface area contributed by atoms with Crippen molar-refractivity contribution in [3.8, 4) is 0 Å². The molecule has 0 fully saturated rings. The fourth-order valence-electron chi connectivity index (χ4n) is 2.21. The molecule has 6 nitrogen and oxygen atoms in total. The largest absolute Gasteiger partial charge is 0.469 e. The summed E-state index contributed by atoms with van der Waals surface area (Å²) < 4.78 is 4.54. The molecule has 0 saturated heterocycles. The lowest BCUT2D eigenvalue weighted by Crippen LogP contribution is -2.48. The minimum absolute atomic E-state index is 0.0825. The zero-order valence-corrected chi connectivity index (χ0v) is 14.7. The molecule has 7 heteroatoms. The number of carbonyl (C=O) groups excluding carboxylic acids is 3. The topological polar surface area (TPSA) is 84.5 Å². The molecule has 0 spiro atoms. The second-order valence-corrected chi connectivity index (χ2v) is 6.26. The van der Waals surface area contributed by atoms with Gasteiger partial charge < -0.3 is 15.4 Å². The Balaban J connectivity index is 2.01. The van der Waals surface area contributed by atoms with E-state index in [1.807, 2.05) is 30.3 Å². The predicted octanol–water partition coefficient (Wildman–Crippen LogP) is 1.77. The predicted molar refractivity (Wildman–Crippen MR) is 95.4 cm³/mol. The van der Waals surface area contributed by atoms with Gasteiger partial charge in [-0.1, -0.05) is 36.4 Å². The zero-order chi connectivity index (χ0) is 18.1. The van der Waals surface area contributed by atoms with Gasteiger partial charge in [0.2, 0.25) is 5.91 Å². The average Bonchev–Trinajstić information content (AvgIpc) is 3.16. The normalized spacial score (nSPS) is 11.4. The highest BCUT2D eigenvalue weighted by atomic mass is 32.1. The molecule has 1 aromatic heterocycles. The number of benzene rings is 1. The molecule has 0 aliphatic carbocycles. The van der Waals surface area contributed by atoms with E-state index >= 15 is 0 Å². The van der Waals surface area contributed by atoms with E-state index in [0.717, 1.165) is 5.56 Å². The lowest BCUT2D eigenvalue weighted by Gasteiger charge is -2.18. The molecule has 0 saturated carbocycles. The molecule has 1 aromatic carbocycles. The number of hydrogen-bond acceptors (Lipinski definition) is 5. The molecule has 2 N–H and O–H groups in total. The minimum Gasteiger partial charge on any atom is -0.469 e. The van der Waals surface area contributed by atoms with Gasteiger partial charge in [0, 0.05) is 13.0 Å². The third-order valence-electron chi connectivity index (χ3n) is 3.51. The molecular formula is C18H20N2O4S. The van der Waals surface area contributed by atoms with Gasteiger partial charge in [-0.15, -0.1) is 11.3 Å². The van der Waals surface area contributed by atoms with Crippen LogP contribution in [0, 0.1) is 0 Å². The van der Waals surface area contributed by atoms with Crippen molar-refractivity contribution in [1.29, 1.82) is 0 Å². The number of hydrogen-bond donors (Lipinski definition) is 2. The van der Waals surface area contributed by atoms with Gasteiger partial charge in [-0.05, 0) is 17.0 Å². The summed E-state index contributed by atoms with van der Waals surface area (Å²) in [5.41, 5.74) is 0.932. The summed E-state index contributed by atoms with van der Waals surface area (Å²) in [5.74, 6) is -1.03. The summed E-state index contributed by atoms with van der Waals surface area (Å²) in [7, 11) is 1.30. The summed E-state index contributed by atoms with van der Waals surface area (Å²) >= 11 is 1.31. The minimum atomic E-state index is -0.727. The first kappa shape index (κ1) is 18.7. The van der Waals surface area contributed by atoms with Gasteiger partial charge in [0.05, 0.1) is 18.4 Å². The summed E-state index contributed by atoms with van der Waals surface area (Å²) in [4.78, 5) is 36.4. The Bertz CT molecular complexity index is 701. The van der Waals surface area contributed by atoms with Crippen molar-refractivity contribution >= 4 is 29.1 Å². The molecule has 1 heterocycles. The molecule has 2 amide bonds. The summed E-state index contributed by atoms with van der Waals surface area (Å²) in [6, 6.07) is 12.2. The van der Waals surface area contributed by atoms with E-state index in [9.17, 15) is 14.4 Å². The van der Waals surface area contributed by atoms with E-state index in [0.29, 0.717) is 11.3 Å². The maximum absolute atomic E-state index is 12.4. The number of nitrogens with one attached hydrogen (secondary N) is 2. The van der Waals surface area contributed by atoms with Crippen LogP contribution in [0.3, 0.4) is 0 Å². The van der Waals surface area contributed by atoms with Crippen molar-refractivity contribution in [3.05, 3.63) is 58.3 Å². The summed E-state index contributed by atoms with van der Waals surface area (Å²) in [6.45, 7) is 0.158. The molecule has 2 aromatic rings. The molecule has 0 bridgehead atoms. The van der Waals surface area contributed by atoms with Crippen molar-refractivity contribution < 1.29 is 19.1 Å². The lowest BCUT2D eigenvalue weighted by molar-refractivity contribution is -0.140. The number of esters is 1. The second-order valence-electron chi connectivity index (χ2n) is 5.31. The Hall–Kier alpha value is -2.67. The van der Waals surface area contributed by atoms with Gasteiger partial charge in [0.1, 0.15) is 6.04 Å². The summed E-state index contributed by atoms with van der Waals surface area (Å²) in [5, 5.41) is 7.23. The van der Waals surface area contributed by atoms with Crippen LogP contribution in [0.25, 0.3) is 0 Å². The third kappa shape index (κ3) is 6.04. The molecule has 0 aliphatic heterocycles. The first-order chi connectivity index (χ1) is 12.1. The van der Waals surface area contributed by atoms with E-state index in [1.54, 1.807) is 17.5 Å². The van der Waals surface area contributed by atoms with Crippen molar-refractivity contribution in [3.63, 3.8) is 0 Å². The van der Waals surface area contributed by atoms with E-state index in [2.05, 4.69) is 15.4 Å². The highest BCUT2D eigenvalue weighted by molar-refractivity contribution is 7.12. The molecule has 0 radical (unpaired) electrons. The Morgan fingerprint density at radius 2 is 1.88 bits per heavy atom. The fraction of sp³-hybridized carbons (Fsp3) is 0.278. The number of carbonyl (C=O) groups is 3. The molecular weight excluding hydrogens is 340 g/mol. The van der Waals surface area contributed by atoms with Crippen LogP contribution in [0.2, 0.25) is 0 Å². The standard InChI is InChI=1S/C18H20N2O4S/c1-24-16(21)9-10-19-17(22)14(12-13-6-3-2-4-7-13)20-18(23)15-8-5-11-25-15/h2-8,11,14H,9-10,12H2,1H3,(H,19,22)(H,20,23). The Morgan fingerprint density at radius 3 is 2.52 bits per heavy atom. The Kier molecular flexibility index (Phi) is 7.16. The number of ether oxygens (including phenoxy) is 1. The molecule has 1 atom stereocenters. The van der Waals surface area contributed by atoms with Crippen LogP contribution in [0.15, 0.2) is 47.8 Å². The molecule has 132 valence electrons. The van der Waals surface area contributed by atoms with Gasteiger partial charge in [-0.3, -0.25) is 14.4 Å². The number of thiophene rings is 1. The molecule has 2 rings (SSSR count). The van der Waals surface area contributed by atoms with Gasteiger partial charge in [-0.2, -0.15) is 0 Å². The van der Waals surface area contributed by atoms with Crippen molar-refractivity contribution in [2.24, 2.45) is 0 Å². The van der Waals surface area contributed by atoms with Crippen LogP contribution in [-0.2, 0) is 20.7 Å². The van der Waals surface area contributed by atoms with Crippen molar-refractivity contribution in [2.45, 2.75) is 18.9 Å². The van der Waals surface area contributed by atoms with Crippen LogP contribution < -0.4 is 10.6 Å². The second kappa shape index (κ2) is 9.58. The quantitative estimate of drug-likeness (QED) is 0.703. The third-order valence-corrected chi connectivity index (χ3v) is 4.37. The highest BCUT2D eigenvalue weighted by Crippen LogP contribution is 2.10. The maximum atomic E-state index is 12.4. The fourth-order valence-corrected chi connectivity index (χ4v) is 2.84. The number of amides is 2. The van der Waals surface area contributed by atoms with Crippen molar-refractivity contribution in [1.82, 2.24) is 10.6 Å². The van der Waals surface area contributed by atoms with Crippen molar-refractivity contribution in [2.75, 3.05) is 13.7 Å². The maximum Gasteiger partial charge on any atom is 0.307 e. The van der Waals surface area contributed by atoms with E-state index < -0.39 is 12.0 Å². The molecule has 25 heavy (non-hydrogen) atoms. The zero-order valence-electron chi connectivity index (χ0n) is 13.9. The van der Waals surface area contributed by atoms with Gasteiger partial charge >= 0.3 is 5.97 Å². The van der Waals surface area contributed by atoms with Gasteiger partial charge in [0.25, 0.3) is 5.91 Å². The van der Waals surface area contributed by atoms with E-state index in [1.165, 1.54) is 18.4 Å². The van der Waals surface area contributed by atoms with Crippen LogP contribution in [-0.4, -0.2) is 37.5 Å². The number of rotatable bonds is 8. The Labute approximate surface area is 150 Å². The average molecular weight is 360 g/mol. The SMILES string of the molecule is COC(=O)CCNC(=O)C(Cc1ccccc1)NC(=O)c1cccs1. The first-order valence-electron chi connectivity index (χ1n) is 7.83. The van der Waals surface area contributed by atoms with E-state index in [-0.39, 0.29) is 24.8 Å². The highest BCUT2D eigenvalue weighted by Gasteiger charge is 2.22. The smallest absolute Gasteiger partial charge is 0.307 e. The lowest BCUT2D eigenvalue weighted by atomic mass is 10.1. The monoisotopic (exact) mass is 360 g/mol. The summed E-state index contributed by atoms with van der Waals surface area (Å²) in [6.07, 6.45) is 0.446. The van der Waals surface area contributed by atoms with E-state index in [4.69, 9.17) is 0 Å². The van der Waals surface area contributed by atoms with Crippen LogP contribution >= 0.6 is 11.3 Å². The molecule has 1 unspecified atom stereocenters. The van der Waals surface area contributed by atoms with Crippen LogP contribution in [0.1, 0.15) is 21.7 Å². The van der Waals surface area contributed by atoms with Gasteiger partial charge in [0.15, 0.2) is 0 Å². The first-order valence-corrected chi connectivity index (χ1v) is 8.71.